The number of hydrogen-bond donors (Lipinski definition) is 1. The van der Waals surface area contributed by atoms with Crippen LogP contribution in [0.2, 0.25) is 0 Å². The van der Waals surface area contributed by atoms with E-state index < -0.39 is 0 Å². The van der Waals surface area contributed by atoms with Crippen LogP contribution in [-0.4, -0.2) is 44.6 Å². The Hall–Kier alpha value is -1.17. The first-order chi connectivity index (χ1) is 9.29. The molecule has 1 aliphatic rings. The number of nitrogens with zero attached hydrogens (tertiary/aromatic N) is 1. The molecule has 0 aliphatic carbocycles. The topological polar surface area (TPSA) is 52.6 Å². The van der Waals surface area contributed by atoms with Gasteiger partial charge in [0.05, 0.1) is 25.5 Å². The summed E-state index contributed by atoms with van der Waals surface area (Å²) in [6.45, 7) is 5.63. The normalized spacial score (nSPS) is 18.7. The van der Waals surface area contributed by atoms with Gasteiger partial charge >= 0.3 is 0 Å². The van der Waals surface area contributed by atoms with Crippen molar-refractivity contribution in [1.82, 2.24) is 10.3 Å². The van der Waals surface area contributed by atoms with Crippen LogP contribution in [-0.2, 0) is 16.0 Å². The molecule has 0 spiro atoms. The van der Waals surface area contributed by atoms with E-state index in [9.17, 15) is 0 Å². The fourth-order valence-electron chi connectivity index (χ4n) is 2.00. The Bertz CT molecular complexity index is 392. The van der Waals surface area contributed by atoms with Crippen molar-refractivity contribution in [3.05, 3.63) is 23.5 Å². The molecule has 1 aromatic heterocycles. The largest absolute Gasteiger partial charge is 0.486 e. The van der Waals surface area contributed by atoms with Crippen molar-refractivity contribution in [2.75, 3.05) is 33.5 Å². The molecule has 1 N–H and O–H groups in total. The molecule has 0 saturated carbocycles. The second kappa shape index (κ2) is 7.43. The van der Waals surface area contributed by atoms with E-state index in [1.807, 2.05) is 19.1 Å². The summed E-state index contributed by atoms with van der Waals surface area (Å²) >= 11 is 0. The Morgan fingerprint density at radius 1 is 1.47 bits per heavy atom. The fraction of sp³-hybridized carbons (Fsp3) is 0.643. The van der Waals surface area contributed by atoms with E-state index in [0.29, 0.717) is 19.8 Å². The van der Waals surface area contributed by atoms with Gasteiger partial charge in [0.1, 0.15) is 11.9 Å². The summed E-state index contributed by atoms with van der Waals surface area (Å²) in [6.07, 6.45) is 1.10. The minimum Gasteiger partial charge on any atom is -0.486 e. The highest BCUT2D eigenvalue weighted by Gasteiger charge is 2.18. The molecule has 0 radical (unpaired) electrons. The number of ether oxygens (including phenoxy) is 3. The third kappa shape index (κ3) is 4.45. The molecule has 19 heavy (non-hydrogen) atoms. The van der Waals surface area contributed by atoms with Crippen LogP contribution in [0, 0.1) is 6.92 Å². The van der Waals surface area contributed by atoms with Crippen LogP contribution in [0.4, 0.5) is 0 Å². The third-order valence-corrected chi connectivity index (χ3v) is 3.03. The number of nitrogens with one attached hydrogen (secondary N) is 1. The molecular weight excluding hydrogens is 244 g/mol. The molecule has 106 valence electrons. The summed E-state index contributed by atoms with van der Waals surface area (Å²) < 4.78 is 16.3. The highest BCUT2D eigenvalue weighted by Crippen LogP contribution is 2.21. The molecule has 0 bridgehead atoms. The molecular formula is C14H22N2O3. The first-order valence-corrected chi connectivity index (χ1v) is 6.70. The molecule has 1 aliphatic heterocycles. The van der Waals surface area contributed by atoms with Crippen molar-refractivity contribution in [3.8, 4) is 5.75 Å². The lowest BCUT2D eigenvalue weighted by molar-refractivity contribution is 0.140. The summed E-state index contributed by atoms with van der Waals surface area (Å²) in [5.41, 5.74) is 1.95. The lowest BCUT2D eigenvalue weighted by Gasteiger charge is -2.15. The summed E-state index contributed by atoms with van der Waals surface area (Å²) in [6, 6.07) is 3.97. The SMILES string of the molecule is COCCNCc1nc(C)ccc1OC1CCOC1. The van der Waals surface area contributed by atoms with Crippen molar-refractivity contribution in [3.63, 3.8) is 0 Å². The van der Waals surface area contributed by atoms with Crippen LogP contribution < -0.4 is 10.1 Å². The zero-order chi connectivity index (χ0) is 13.5. The molecule has 1 fully saturated rings. The maximum absolute atomic E-state index is 5.96. The average molecular weight is 266 g/mol. The molecule has 1 unspecified atom stereocenters. The predicted molar refractivity (Wildman–Crippen MR) is 72.4 cm³/mol. The van der Waals surface area contributed by atoms with Gasteiger partial charge in [-0.15, -0.1) is 0 Å². The monoisotopic (exact) mass is 266 g/mol. The van der Waals surface area contributed by atoms with Crippen molar-refractivity contribution < 1.29 is 14.2 Å². The molecule has 2 heterocycles. The molecule has 1 saturated heterocycles. The first kappa shape index (κ1) is 14.2. The van der Waals surface area contributed by atoms with Gasteiger partial charge in [-0.3, -0.25) is 4.98 Å². The van der Waals surface area contributed by atoms with Gasteiger partial charge in [0.15, 0.2) is 0 Å². The van der Waals surface area contributed by atoms with Crippen molar-refractivity contribution in [2.24, 2.45) is 0 Å². The maximum Gasteiger partial charge on any atom is 0.142 e. The molecule has 1 aromatic rings. The third-order valence-electron chi connectivity index (χ3n) is 3.03. The van der Waals surface area contributed by atoms with Gasteiger partial charge in [0.2, 0.25) is 0 Å². The van der Waals surface area contributed by atoms with Gasteiger partial charge in [-0.2, -0.15) is 0 Å². The Balaban J connectivity index is 1.95. The molecule has 2 rings (SSSR count). The molecule has 1 atom stereocenters. The Morgan fingerprint density at radius 3 is 3.11 bits per heavy atom. The lowest BCUT2D eigenvalue weighted by atomic mass is 10.2. The summed E-state index contributed by atoms with van der Waals surface area (Å²) in [5, 5.41) is 3.30. The van der Waals surface area contributed by atoms with Gasteiger partial charge < -0.3 is 19.5 Å². The molecule has 5 heteroatoms. The van der Waals surface area contributed by atoms with E-state index in [4.69, 9.17) is 14.2 Å². The van der Waals surface area contributed by atoms with Crippen molar-refractivity contribution >= 4 is 0 Å². The van der Waals surface area contributed by atoms with Crippen molar-refractivity contribution in [2.45, 2.75) is 26.0 Å². The Kier molecular flexibility index (Phi) is 5.57. The van der Waals surface area contributed by atoms with E-state index >= 15 is 0 Å². The average Bonchev–Trinajstić information content (AvgIpc) is 2.90. The van der Waals surface area contributed by atoms with Crippen LogP contribution in [0.3, 0.4) is 0 Å². The van der Waals surface area contributed by atoms with Gasteiger partial charge in [-0.05, 0) is 19.1 Å². The van der Waals surface area contributed by atoms with E-state index in [1.54, 1.807) is 7.11 Å². The number of methoxy groups -OCH3 is 1. The zero-order valence-electron chi connectivity index (χ0n) is 11.6. The van der Waals surface area contributed by atoms with E-state index in [2.05, 4.69) is 10.3 Å². The minimum atomic E-state index is 0.155. The van der Waals surface area contributed by atoms with Gasteiger partial charge in [-0.1, -0.05) is 0 Å². The number of rotatable bonds is 7. The highest BCUT2D eigenvalue weighted by molar-refractivity contribution is 5.29. The first-order valence-electron chi connectivity index (χ1n) is 6.70. The van der Waals surface area contributed by atoms with Gasteiger partial charge in [0, 0.05) is 32.3 Å². The second-order valence-corrected chi connectivity index (χ2v) is 4.67. The molecule has 0 amide bonds. The minimum absolute atomic E-state index is 0.155. The van der Waals surface area contributed by atoms with Crippen LogP contribution in [0.5, 0.6) is 5.75 Å². The van der Waals surface area contributed by atoms with Crippen LogP contribution in [0.25, 0.3) is 0 Å². The second-order valence-electron chi connectivity index (χ2n) is 4.67. The summed E-state index contributed by atoms with van der Waals surface area (Å²) in [4.78, 5) is 4.54. The Labute approximate surface area is 114 Å². The Morgan fingerprint density at radius 2 is 2.37 bits per heavy atom. The van der Waals surface area contributed by atoms with Crippen molar-refractivity contribution in [1.29, 1.82) is 0 Å². The maximum atomic E-state index is 5.96. The standard InChI is InChI=1S/C14H22N2O3/c1-11-3-4-14(19-12-5-7-18-10-12)13(16-11)9-15-6-8-17-2/h3-4,12,15H,5-10H2,1-2H3. The van der Waals surface area contributed by atoms with Gasteiger partial charge in [-0.25, -0.2) is 0 Å². The lowest BCUT2D eigenvalue weighted by Crippen LogP contribution is -2.22. The fourth-order valence-corrected chi connectivity index (χ4v) is 2.00. The van der Waals surface area contributed by atoms with Crippen LogP contribution in [0.15, 0.2) is 12.1 Å². The summed E-state index contributed by atoms with van der Waals surface area (Å²) in [5.74, 6) is 0.853. The number of aryl methyl sites for hydroxylation is 1. The molecule has 0 aromatic carbocycles. The number of pyridine rings is 1. The van der Waals surface area contributed by atoms with Gasteiger partial charge in [0.25, 0.3) is 0 Å². The summed E-state index contributed by atoms with van der Waals surface area (Å²) in [7, 11) is 1.70. The quantitative estimate of drug-likeness (QED) is 0.754. The number of hydrogen-bond acceptors (Lipinski definition) is 5. The van der Waals surface area contributed by atoms with E-state index in [0.717, 1.165) is 36.7 Å². The van der Waals surface area contributed by atoms with E-state index in [-0.39, 0.29) is 6.10 Å². The highest BCUT2D eigenvalue weighted by atomic mass is 16.5. The smallest absolute Gasteiger partial charge is 0.142 e. The predicted octanol–water partition coefficient (Wildman–Crippen LogP) is 1.29. The molecule has 5 nitrogen and oxygen atoms in total. The zero-order valence-corrected chi connectivity index (χ0v) is 11.6. The van der Waals surface area contributed by atoms with Crippen LogP contribution >= 0.6 is 0 Å². The van der Waals surface area contributed by atoms with Crippen LogP contribution in [0.1, 0.15) is 17.8 Å². The number of aromatic nitrogens is 1. The van der Waals surface area contributed by atoms with E-state index in [1.165, 1.54) is 0 Å².